The summed E-state index contributed by atoms with van der Waals surface area (Å²) < 4.78 is 80.7. The molecular formula is C15H10F5N3OS. The molecule has 0 saturated heterocycles. The number of hydrogen-bond donors (Lipinski definition) is 2. The number of alkyl halides is 3. The Morgan fingerprint density at radius 3 is 2.24 bits per heavy atom. The molecule has 1 aromatic heterocycles. The van der Waals surface area contributed by atoms with E-state index in [1.165, 1.54) is 6.20 Å². The Labute approximate surface area is 138 Å². The van der Waals surface area contributed by atoms with Crippen molar-refractivity contribution in [1.29, 1.82) is 0 Å². The molecule has 1 unspecified atom stereocenters. The van der Waals surface area contributed by atoms with Gasteiger partial charge in [-0.2, -0.15) is 17.5 Å². The quantitative estimate of drug-likeness (QED) is 0.636. The molecule has 25 heavy (non-hydrogen) atoms. The van der Waals surface area contributed by atoms with Crippen LogP contribution < -0.4 is 5.14 Å². The van der Waals surface area contributed by atoms with Gasteiger partial charge in [-0.05, 0) is 30.3 Å². The van der Waals surface area contributed by atoms with Gasteiger partial charge < -0.3 is 4.98 Å². The van der Waals surface area contributed by atoms with E-state index < -0.39 is 33.3 Å². The third-order valence-corrected chi connectivity index (χ3v) is 4.87. The molecule has 0 fully saturated rings. The summed E-state index contributed by atoms with van der Waals surface area (Å²) in [5.74, 6) is -2.20. The maximum Gasteiger partial charge on any atom is 0.416 e. The van der Waals surface area contributed by atoms with Crippen LogP contribution in [0.3, 0.4) is 0 Å². The van der Waals surface area contributed by atoms with Crippen LogP contribution in [-0.2, 0) is 16.1 Å². The number of aromatic amines is 1. The maximum absolute atomic E-state index is 13.4. The highest BCUT2D eigenvalue weighted by atomic mass is 32.2. The molecule has 0 aliphatic heterocycles. The highest BCUT2D eigenvalue weighted by molar-refractivity contribution is 7.91. The van der Waals surface area contributed by atoms with E-state index in [4.69, 9.17) is 5.14 Å². The van der Waals surface area contributed by atoms with Crippen LogP contribution in [0.2, 0.25) is 0 Å². The molecule has 2 aromatic carbocycles. The molecule has 0 radical (unpaired) electrons. The van der Waals surface area contributed by atoms with Crippen LogP contribution in [0.15, 0.2) is 51.9 Å². The predicted molar refractivity (Wildman–Crippen MR) is 82.3 cm³/mol. The molecule has 3 aromatic rings. The van der Waals surface area contributed by atoms with Crippen LogP contribution in [0.1, 0.15) is 5.56 Å². The van der Waals surface area contributed by atoms with Crippen LogP contribution >= 0.6 is 0 Å². The third-order valence-electron chi connectivity index (χ3n) is 3.45. The van der Waals surface area contributed by atoms with Crippen molar-refractivity contribution in [3.05, 3.63) is 59.8 Å². The summed E-state index contributed by atoms with van der Waals surface area (Å²) in [4.78, 5) is 2.50. The fourth-order valence-electron chi connectivity index (χ4n) is 2.22. The van der Waals surface area contributed by atoms with Gasteiger partial charge in [-0.15, -0.1) is 0 Å². The fraction of sp³-hybridized carbons (Fsp3) is 0.0667. The molecule has 1 atom stereocenters. The van der Waals surface area contributed by atoms with E-state index in [9.17, 15) is 26.2 Å². The van der Waals surface area contributed by atoms with Gasteiger partial charge in [0.2, 0.25) is 0 Å². The molecule has 4 nitrogen and oxygen atoms in total. The Kier molecular flexibility index (Phi) is 4.04. The summed E-state index contributed by atoms with van der Waals surface area (Å²) in [5.41, 5.74) is -0.711. The molecule has 10 heteroatoms. The lowest BCUT2D eigenvalue weighted by Gasteiger charge is -2.08. The third kappa shape index (κ3) is 3.35. The van der Waals surface area contributed by atoms with Crippen LogP contribution in [0.5, 0.6) is 0 Å². The minimum absolute atomic E-state index is 0.00120. The first-order valence-corrected chi connectivity index (χ1v) is 8.34. The Morgan fingerprint density at radius 2 is 1.64 bits per heavy atom. The summed E-state index contributed by atoms with van der Waals surface area (Å²) in [6.07, 6.45) is -3.29. The smallest absolute Gasteiger partial charge is 0.359 e. The first-order valence-electron chi connectivity index (χ1n) is 6.76. The largest absolute Gasteiger partial charge is 0.416 e. The van der Waals surface area contributed by atoms with E-state index in [0.717, 1.165) is 36.4 Å². The minimum Gasteiger partial charge on any atom is -0.359 e. The number of fused-ring (bicyclic) bond motifs is 1. The SMILES string of the molecule is NS(=O)(=Nc1c[nH]c2cc(F)c(F)cc12)c1ccc(C(F)(F)F)cc1. The van der Waals surface area contributed by atoms with Gasteiger partial charge in [0.05, 0.1) is 21.7 Å². The molecule has 3 N–H and O–H groups in total. The Balaban J connectivity index is 2.08. The van der Waals surface area contributed by atoms with E-state index in [2.05, 4.69) is 9.35 Å². The van der Waals surface area contributed by atoms with Crippen molar-refractivity contribution in [2.24, 2.45) is 9.50 Å². The van der Waals surface area contributed by atoms with Gasteiger partial charge in [0.1, 0.15) is 9.92 Å². The van der Waals surface area contributed by atoms with Crippen molar-refractivity contribution in [1.82, 2.24) is 4.98 Å². The highest BCUT2D eigenvalue weighted by Crippen LogP contribution is 2.32. The van der Waals surface area contributed by atoms with Gasteiger partial charge in [0.25, 0.3) is 0 Å². The average Bonchev–Trinajstić information content (AvgIpc) is 2.88. The minimum atomic E-state index is -4.54. The van der Waals surface area contributed by atoms with Crippen LogP contribution in [-0.4, -0.2) is 9.19 Å². The lowest BCUT2D eigenvalue weighted by Crippen LogP contribution is -2.13. The zero-order valence-electron chi connectivity index (χ0n) is 12.3. The highest BCUT2D eigenvalue weighted by Gasteiger charge is 2.30. The molecule has 0 saturated carbocycles. The number of aromatic nitrogens is 1. The summed E-state index contributed by atoms with van der Waals surface area (Å²) in [6.45, 7) is 0. The summed E-state index contributed by atoms with van der Waals surface area (Å²) >= 11 is 0. The van der Waals surface area contributed by atoms with Gasteiger partial charge in [-0.1, -0.05) is 0 Å². The first-order chi connectivity index (χ1) is 11.6. The number of nitrogens with one attached hydrogen (secondary N) is 1. The second kappa shape index (κ2) is 5.81. The summed E-state index contributed by atoms with van der Waals surface area (Å²) in [6, 6.07) is 5.17. The number of hydrogen-bond acceptors (Lipinski definition) is 2. The van der Waals surface area contributed by atoms with E-state index in [1.807, 2.05) is 0 Å². The second-order valence-corrected chi connectivity index (χ2v) is 6.96. The van der Waals surface area contributed by atoms with Gasteiger partial charge in [-0.3, -0.25) is 0 Å². The van der Waals surface area contributed by atoms with Crippen LogP contribution in [0, 0.1) is 11.6 Å². The van der Waals surface area contributed by atoms with Crippen molar-refractivity contribution in [3.63, 3.8) is 0 Å². The van der Waals surface area contributed by atoms with E-state index in [-0.39, 0.29) is 21.5 Å². The molecule has 0 spiro atoms. The summed E-state index contributed by atoms with van der Waals surface area (Å²) in [5, 5.41) is 5.79. The van der Waals surface area contributed by atoms with Crippen molar-refractivity contribution < 1.29 is 26.2 Å². The number of nitrogens with zero attached hydrogens (tertiary/aromatic N) is 1. The van der Waals surface area contributed by atoms with Crippen molar-refractivity contribution >= 4 is 26.5 Å². The molecule has 132 valence electrons. The topological polar surface area (TPSA) is 71.2 Å². The monoisotopic (exact) mass is 375 g/mol. The fourth-order valence-corrected chi connectivity index (χ4v) is 3.29. The Bertz CT molecular complexity index is 1060. The normalized spacial score (nSPS) is 14.5. The molecule has 0 bridgehead atoms. The zero-order chi connectivity index (χ0) is 18.4. The Hall–Kier alpha value is -2.46. The zero-order valence-corrected chi connectivity index (χ0v) is 13.1. The Morgan fingerprint density at radius 1 is 1.04 bits per heavy atom. The molecule has 3 rings (SSSR count). The number of nitrogens with two attached hydrogens (primary N) is 1. The van der Waals surface area contributed by atoms with E-state index in [0.29, 0.717) is 0 Å². The van der Waals surface area contributed by atoms with Crippen LogP contribution in [0.25, 0.3) is 10.9 Å². The number of halogens is 5. The van der Waals surface area contributed by atoms with Crippen molar-refractivity contribution in [3.8, 4) is 0 Å². The van der Waals surface area contributed by atoms with Gasteiger partial charge in [0.15, 0.2) is 11.6 Å². The second-order valence-electron chi connectivity index (χ2n) is 5.17. The van der Waals surface area contributed by atoms with Crippen LogP contribution in [0.4, 0.5) is 27.6 Å². The molecule has 1 heterocycles. The van der Waals surface area contributed by atoms with Gasteiger partial charge in [-0.25, -0.2) is 18.1 Å². The lowest BCUT2D eigenvalue weighted by molar-refractivity contribution is -0.137. The maximum atomic E-state index is 13.4. The van der Waals surface area contributed by atoms with Crippen molar-refractivity contribution in [2.45, 2.75) is 11.1 Å². The predicted octanol–water partition coefficient (Wildman–Crippen LogP) is 4.50. The molecule has 0 aliphatic rings. The average molecular weight is 375 g/mol. The van der Waals surface area contributed by atoms with Crippen molar-refractivity contribution in [2.75, 3.05) is 0 Å². The molecule has 0 aliphatic carbocycles. The number of H-pyrrole nitrogens is 1. The van der Waals surface area contributed by atoms with Gasteiger partial charge >= 0.3 is 6.18 Å². The summed E-state index contributed by atoms with van der Waals surface area (Å²) in [7, 11) is -3.59. The molecular weight excluding hydrogens is 365 g/mol. The molecule has 0 amide bonds. The van der Waals surface area contributed by atoms with E-state index >= 15 is 0 Å². The lowest BCUT2D eigenvalue weighted by atomic mass is 10.2. The first kappa shape index (κ1) is 17.4. The number of benzene rings is 2. The van der Waals surface area contributed by atoms with Gasteiger partial charge in [0, 0.05) is 17.6 Å². The standard InChI is InChI=1S/C15H10F5N3OS/c16-11-5-10-13(6-12(11)17)22-7-14(10)23-25(21,24)9-3-1-8(2-4-9)15(18,19)20/h1-7,22H,(H2,21,23,24). The number of rotatable bonds is 2. The van der Waals surface area contributed by atoms with E-state index in [1.54, 1.807) is 0 Å².